The second kappa shape index (κ2) is 9.09. The van der Waals surface area contributed by atoms with Gasteiger partial charge in [0.15, 0.2) is 0 Å². The maximum Gasteiger partial charge on any atom is 0.338 e. The minimum absolute atomic E-state index is 0.0109. The number of benzene rings is 1. The van der Waals surface area contributed by atoms with Gasteiger partial charge in [0.1, 0.15) is 6.10 Å². The third-order valence-electron chi connectivity index (χ3n) is 14.9. The predicted octanol–water partition coefficient (Wildman–Crippen LogP) is 9.97. The first-order valence-corrected chi connectivity index (χ1v) is 16.5. The minimum atomic E-state index is -0.119. The van der Waals surface area contributed by atoms with E-state index in [1.807, 2.05) is 30.3 Å². The van der Waals surface area contributed by atoms with Crippen LogP contribution in [0, 0.1) is 62.6 Å². The zero-order chi connectivity index (χ0) is 28.0. The van der Waals surface area contributed by atoms with Crippen molar-refractivity contribution < 1.29 is 9.53 Å². The molecular weight excluding hydrogens is 476 g/mol. The molecule has 5 aliphatic carbocycles. The quantitative estimate of drug-likeness (QED) is 0.362. The molecule has 1 aromatic rings. The number of hydrogen-bond donors (Lipinski definition) is 0. The number of carbonyl (C=O) groups is 1. The second-order valence-corrected chi connectivity index (χ2v) is 16.9. The van der Waals surface area contributed by atoms with Crippen molar-refractivity contribution in [3.05, 3.63) is 35.9 Å². The molecule has 5 aliphatic rings. The summed E-state index contributed by atoms with van der Waals surface area (Å²) in [5.74, 6) is 4.50. The van der Waals surface area contributed by atoms with Crippen molar-refractivity contribution in [2.24, 2.45) is 62.6 Å². The Kier molecular flexibility index (Phi) is 6.49. The van der Waals surface area contributed by atoms with Crippen molar-refractivity contribution in [3.63, 3.8) is 0 Å². The molecule has 0 spiro atoms. The molecule has 0 amide bonds. The van der Waals surface area contributed by atoms with Crippen molar-refractivity contribution in [2.75, 3.05) is 0 Å². The molecule has 0 N–H and O–H groups in total. The highest BCUT2D eigenvalue weighted by Crippen LogP contribution is 2.77. The third kappa shape index (κ3) is 3.81. The van der Waals surface area contributed by atoms with Crippen LogP contribution in [0.4, 0.5) is 0 Å². The molecule has 2 heteroatoms. The topological polar surface area (TPSA) is 26.3 Å². The summed E-state index contributed by atoms with van der Waals surface area (Å²) in [6.45, 7) is 20.7. The van der Waals surface area contributed by atoms with Gasteiger partial charge in [-0.2, -0.15) is 0 Å². The summed E-state index contributed by atoms with van der Waals surface area (Å²) in [4.78, 5) is 13.5. The van der Waals surface area contributed by atoms with Crippen molar-refractivity contribution in [2.45, 2.75) is 126 Å². The van der Waals surface area contributed by atoms with E-state index in [9.17, 15) is 4.79 Å². The smallest absolute Gasteiger partial charge is 0.338 e. The molecule has 0 bridgehead atoms. The van der Waals surface area contributed by atoms with Crippen molar-refractivity contribution in [1.29, 1.82) is 0 Å². The van der Waals surface area contributed by atoms with E-state index in [-0.39, 0.29) is 17.5 Å². The first-order chi connectivity index (χ1) is 18.3. The lowest BCUT2D eigenvalue weighted by atomic mass is 9.32. The zero-order valence-corrected chi connectivity index (χ0v) is 26.3. The molecule has 0 unspecified atom stereocenters. The van der Waals surface area contributed by atoms with Crippen LogP contribution in [0.15, 0.2) is 30.3 Å². The van der Waals surface area contributed by atoms with Crippen LogP contribution >= 0.6 is 0 Å². The maximum atomic E-state index is 13.5. The maximum absolute atomic E-state index is 13.5. The van der Waals surface area contributed by atoms with E-state index in [1.54, 1.807) is 0 Å². The van der Waals surface area contributed by atoms with Gasteiger partial charge in [-0.1, -0.05) is 73.6 Å². The highest BCUT2D eigenvalue weighted by molar-refractivity contribution is 5.89. The summed E-state index contributed by atoms with van der Waals surface area (Å²) in [6.07, 6.45) is 13.2. The Labute approximate surface area is 239 Å². The van der Waals surface area contributed by atoms with E-state index in [0.29, 0.717) is 39.1 Å². The molecule has 1 aromatic carbocycles. The fourth-order valence-corrected chi connectivity index (χ4v) is 12.7. The van der Waals surface area contributed by atoms with Crippen LogP contribution in [0.3, 0.4) is 0 Å². The average molecular weight is 533 g/mol. The van der Waals surface area contributed by atoms with Crippen LogP contribution in [-0.2, 0) is 4.74 Å². The van der Waals surface area contributed by atoms with Crippen LogP contribution < -0.4 is 0 Å². The fourth-order valence-electron chi connectivity index (χ4n) is 12.7. The Morgan fingerprint density at radius 3 is 2.18 bits per heavy atom. The molecule has 39 heavy (non-hydrogen) atoms. The van der Waals surface area contributed by atoms with Gasteiger partial charge in [0.25, 0.3) is 0 Å². The molecule has 2 nitrogen and oxygen atoms in total. The van der Waals surface area contributed by atoms with Crippen LogP contribution in [-0.4, -0.2) is 12.1 Å². The van der Waals surface area contributed by atoms with Crippen molar-refractivity contribution >= 4 is 5.97 Å². The Morgan fingerprint density at radius 2 is 1.49 bits per heavy atom. The lowest BCUT2D eigenvalue weighted by Crippen LogP contribution is -2.68. The molecule has 0 aliphatic heterocycles. The molecular formula is C37H56O2. The molecule has 10 atom stereocenters. The first-order valence-electron chi connectivity index (χ1n) is 16.5. The van der Waals surface area contributed by atoms with Gasteiger partial charge in [-0.05, 0) is 134 Å². The third-order valence-corrected chi connectivity index (χ3v) is 14.9. The lowest BCUT2D eigenvalue weighted by molar-refractivity contribution is -0.260. The summed E-state index contributed by atoms with van der Waals surface area (Å²) in [5, 5.41) is 0. The Balaban J connectivity index is 1.38. The number of carbonyl (C=O) groups excluding carboxylic acids is 1. The van der Waals surface area contributed by atoms with Crippen molar-refractivity contribution in [3.8, 4) is 0 Å². The minimum Gasteiger partial charge on any atom is -0.458 e. The molecule has 0 radical (unpaired) electrons. The summed E-state index contributed by atoms with van der Waals surface area (Å²) >= 11 is 0. The summed E-state index contributed by atoms with van der Waals surface area (Å²) in [7, 11) is 0. The molecule has 5 saturated carbocycles. The Bertz CT molecular complexity index is 1090. The van der Waals surface area contributed by atoms with E-state index in [4.69, 9.17) is 4.74 Å². The van der Waals surface area contributed by atoms with Crippen LogP contribution in [0.1, 0.15) is 130 Å². The van der Waals surface area contributed by atoms with Gasteiger partial charge < -0.3 is 4.74 Å². The number of fused-ring (bicyclic) bond motifs is 7. The Morgan fingerprint density at radius 1 is 0.769 bits per heavy atom. The largest absolute Gasteiger partial charge is 0.458 e. The Hall–Kier alpha value is -1.31. The van der Waals surface area contributed by atoms with E-state index < -0.39 is 0 Å². The number of rotatable bonds is 3. The highest BCUT2D eigenvalue weighted by atomic mass is 16.5. The summed E-state index contributed by atoms with van der Waals surface area (Å²) in [5.41, 5.74) is 2.25. The van der Waals surface area contributed by atoms with E-state index in [2.05, 4.69) is 55.4 Å². The number of ether oxygens (including phenoxy) is 1. The highest BCUT2D eigenvalue weighted by Gasteiger charge is 2.71. The van der Waals surface area contributed by atoms with E-state index >= 15 is 0 Å². The standard InChI is InChI=1S/C37H56O2/c1-24(2)26-16-20-34(5)22-23-35(6)27(31(26)34)14-15-29-36(35,7)21-17-28-33(3,4)19-18-30(37(28,29)8)39-32(38)25-12-10-9-11-13-25/h9-13,24,26-31H,14-23H2,1-8H3/t26-,27+,28-,29-,30+,31+,34+,35+,36+,37+/m0/s1. The normalized spacial score (nSPS) is 48.4. The summed E-state index contributed by atoms with van der Waals surface area (Å²) in [6, 6.07) is 9.71. The molecule has 5 fully saturated rings. The monoisotopic (exact) mass is 532 g/mol. The van der Waals surface area contributed by atoms with Gasteiger partial charge in [-0.15, -0.1) is 0 Å². The molecule has 0 aromatic heterocycles. The average Bonchev–Trinajstić information content (AvgIpc) is 3.24. The van der Waals surface area contributed by atoms with Gasteiger partial charge in [0.2, 0.25) is 0 Å². The summed E-state index contributed by atoms with van der Waals surface area (Å²) < 4.78 is 6.60. The zero-order valence-electron chi connectivity index (χ0n) is 26.3. The van der Waals surface area contributed by atoms with Crippen LogP contribution in [0.2, 0.25) is 0 Å². The first kappa shape index (κ1) is 27.8. The lowest BCUT2D eigenvalue weighted by Gasteiger charge is -2.73. The number of hydrogen-bond acceptors (Lipinski definition) is 2. The molecule has 6 rings (SSSR count). The fraction of sp³-hybridized carbons (Fsp3) is 0.811. The van der Waals surface area contributed by atoms with Crippen LogP contribution in [0.25, 0.3) is 0 Å². The predicted molar refractivity (Wildman–Crippen MR) is 160 cm³/mol. The van der Waals surface area contributed by atoms with Gasteiger partial charge >= 0.3 is 5.97 Å². The molecule has 216 valence electrons. The van der Waals surface area contributed by atoms with Gasteiger partial charge in [-0.3, -0.25) is 0 Å². The van der Waals surface area contributed by atoms with E-state index in [1.165, 1.54) is 51.4 Å². The second-order valence-electron chi connectivity index (χ2n) is 16.9. The SMILES string of the molecule is CC(C)[C@@H]1CC[C@]2(C)CC[C@]3(C)[C@H](CC[C@@H]4[C@]5(C)[C@H](OC(=O)c6ccccc6)CCC(C)(C)[C@@H]5CC[C@]43C)[C@@H]12. The number of esters is 1. The van der Waals surface area contributed by atoms with Crippen molar-refractivity contribution in [1.82, 2.24) is 0 Å². The van der Waals surface area contributed by atoms with Crippen LogP contribution in [0.5, 0.6) is 0 Å². The van der Waals surface area contributed by atoms with Gasteiger partial charge in [0.05, 0.1) is 5.56 Å². The molecule has 0 heterocycles. The van der Waals surface area contributed by atoms with Gasteiger partial charge in [-0.25, -0.2) is 4.79 Å². The molecule has 0 saturated heterocycles. The van der Waals surface area contributed by atoms with Gasteiger partial charge in [0, 0.05) is 5.41 Å². The van der Waals surface area contributed by atoms with E-state index in [0.717, 1.165) is 36.5 Å².